The van der Waals surface area contributed by atoms with Gasteiger partial charge in [-0.2, -0.15) is 15.0 Å². The highest BCUT2D eigenvalue weighted by atomic mass is 16.5. The van der Waals surface area contributed by atoms with Crippen LogP contribution in [-0.4, -0.2) is 36.6 Å². The van der Waals surface area contributed by atoms with E-state index in [1.54, 1.807) is 10.9 Å². The number of hydrogen-bond donors (Lipinski definition) is 1. The third-order valence-electron chi connectivity index (χ3n) is 2.35. The van der Waals surface area contributed by atoms with Gasteiger partial charge in [-0.3, -0.25) is 0 Å². The van der Waals surface area contributed by atoms with Gasteiger partial charge in [-0.15, -0.1) is 5.10 Å². The summed E-state index contributed by atoms with van der Waals surface area (Å²) in [4.78, 5) is 12.3. The van der Waals surface area contributed by atoms with E-state index in [0.29, 0.717) is 18.1 Å². The molecule has 2 N–H and O–H groups in total. The standard InChI is InChI=1S/C11H17N7O/c1-3-5-18-8(7-13-17-18)9-14-10(12)16-11(15-9)19-6-4-2/h7H,3-6H2,1-2H3,(H2,12,14,15,16). The minimum absolute atomic E-state index is 0.125. The Balaban J connectivity index is 2.32. The SMILES string of the molecule is CCCOc1nc(N)nc(-c2cnnn2CCC)n1. The molecule has 2 aromatic heterocycles. The summed E-state index contributed by atoms with van der Waals surface area (Å²) in [5, 5.41) is 7.86. The summed E-state index contributed by atoms with van der Waals surface area (Å²) in [6.45, 7) is 5.34. The minimum Gasteiger partial charge on any atom is -0.463 e. The Bertz CT molecular complexity index is 540. The highest BCUT2D eigenvalue weighted by molar-refractivity contribution is 5.49. The Morgan fingerprint density at radius 2 is 2.05 bits per heavy atom. The molecule has 0 aliphatic heterocycles. The largest absolute Gasteiger partial charge is 0.463 e. The van der Waals surface area contributed by atoms with Crippen LogP contribution in [0, 0.1) is 0 Å². The number of nitrogen functional groups attached to an aromatic ring is 1. The van der Waals surface area contributed by atoms with E-state index in [4.69, 9.17) is 10.5 Å². The van der Waals surface area contributed by atoms with Gasteiger partial charge in [0.1, 0.15) is 5.69 Å². The van der Waals surface area contributed by atoms with E-state index in [0.717, 1.165) is 19.4 Å². The van der Waals surface area contributed by atoms with Crippen molar-refractivity contribution >= 4 is 5.95 Å². The zero-order chi connectivity index (χ0) is 13.7. The molecule has 102 valence electrons. The molecule has 0 bridgehead atoms. The number of ether oxygens (including phenoxy) is 1. The third-order valence-corrected chi connectivity index (χ3v) is 2.35. The Kier molecular flexibility index (Phi) is 4.22. The lowest BCUT2D eigenvalue weighted by Crippen LogP contribution is -2.08. The van der Waals surface area contributed by atoms with Crippen molar-refractivity contribution in [1.29, 1.82) is 0 Å². The molecule has 0 fully saturated rings. The van der Waals surface area contributed by atoms with Crippen molar-refractivity contribution in [2.75, 3.05) is 12.3 Å². The monoisotopic (exact) mass is 263 g/mol. The first-order chi connectivity index (χ1) is 9.24. The van der Waals surface area contributed by atoms with Crippen molar-refractivity contribution in [2.24, 2.45) is 0 Å². The quantitative estimate of drug-likeness (QED) is 0.825. The van der Waals surface area contributed by atoms with Crippen LogP contribution in [-0.2, 0) is 6.54 Å². The zero-order valence-corrected chi connectivity index (χ0v) is 11.1. The molecule has 0 saturated carbocycles. The van der Waals surface area contributed by atoms with Crippen LogP contribution in [0.4, 0.5) is 5.95 Å². The van der Waals surface area contributed by atoms with Crippen LogP contribution >= 0.6 is 0 Å². The number of hydrogen-bond acceptors (Lipinski definition) is 7. The van der Waals surface area contributed by atoms with E-state index in [-0.39, 0.29) is 12.0 Å². The molecule has 0 spiro atoms. The molecule has 2 heterocycles. The van der Waals surface area contributed by atoms with Gasteiger partial charge in [0.2, 0.25) is 5.95 Å². The second-order valence-corrected chi connectivity index (χ2v) is 3.99. The first-order valence-electron chi connectivity index (χ1n) is 6.27. The van der Waals surface area contributed by atoms with Crippen molar-refractivity contribution in [1.82, 2.24) is 29.9 Å². The molecule has 0 radical (unpaired) electrons. The van der Waals surface area contributed by atoms with Gasteiger partial charge >= 0.3 is 6.01 Å². The van der Waals surface area contributed by atoms with Crippen LogP contribution in [0.15, 0.2) is 6.20 Å². The van der Waals surface area contributed by atoms with Gasteiger partial charge in [-0.1, -0.05) is 19.1 Å². The highest BCUT2D eigenvalue weighted by Crippen LogP contribution is 2.17. The first-order valence-corrected chi connectivity index (χ1v) is 6.27. The van der Waals surface area contributed by atoms with Crippen LogP contribution < -0.4 is 10.5 Å². The van der Waals surface area contributed by atoms with E-state index >= 15 is 0 Å². The van der Waals surface area contributed by atoms with Gasteiger partial charge < -0.3 is 10.5 Å². The lowest BCUT2D eigenvalue weighted by Gasteiger charge is -2.06. The molecule has 0 aliphatic carbocycles. The fourth-order valence-corrected chi connectivity index (χ4v) is 1.55. The van der Waals surface area contributed by atoms with Crippen molar-refractivity contribution in [3.8, 4) is 17.5 Å². The molecule has 0 atom stereocenters. The molecule has 0 aliphatic rings. The fourth-order valence-electron chi connectivity index (χ4n) is 1.55. The van der Waals surface area contributed by atoms with Crippen LogP contribution in [0.5, 0.6) is 6.01 Å². The van der Waals surface area contributed by atoms with Crippen LogP contribution in [0.2, 0.25) is 0 Å². The van der Waals surface area contributed by atoms with Gasteiger partial charge in [0, 0.05) is 6.54 Å². The smallest absolute Gasteiger partial charge is 0.321 e. The van der Waals surface area contributed by atoms with Gasteiger partial charge in [-0.25, -0.2) is 4.68 Å². The maximum Gasteiger partial charge on any atom is 0.321 e. The number of nitrogens with two attached hydrogens (primary N) is 1. The predicted octanol–water partition coefficient (Wildman–Crippen LogP) is 0.911. The Morgan fingerprint density at radius 1 is 1.21 bits per heavy atom. The molecular weight excluding hydrogens is 246 g/mol. The maximum absolute atomic E-state index is 5.67. The number of rotatable bonds is 6. The maximum atomic E-state index is 5.67. The fraction of sp³-hybridized carbons (Fsp3) is 0.545. The predicted molar refractivity (Wildman–Crippen MR) is 69.3 cm³/mol. The molecule has 0 saturated heterocycles. The van der Waals surface area contributed by atoms with Crippen LogP contribution in [0.25, 0.3) is 11.5 Å². The molecule has 2 aromatic rings. The van der Waals surface area contributed by atoms with E-state index in [2.05, 4.69) is 32.2 Å². The summed E-state index contributed by atoms with van der Waals surface area (Å²) in [6.07, 6.45) is 3.42. The molecule has 2 rings (SSSR count). The molecule has 8 heteroatoms. The molecule has 8 nitrogen and oxygen atoms in total. The number of nitrogens with zero attached hydrogens (tertiary/aromatic N) is 6. The van der Waals surface area contributed by atoms with Gasteiger partial charge in [0.25, 0.3) is 0 Å². The first kappa shape index (κ1) is 13.2. The molecular formula is C11H17N7O. The van der Waals surface area contributed by atoms with Crippen molar-refractivity contribution in [3.05, 3.63) is 6.20 Å². The van der Waals surface area contributed by atoms with Gasteiger partial charge in [0.15, 0.2) is 5.82 Å². The van der Waals surface area contributed by atoms with Gasteiger partial charge in [0.05, 0.1) is 12.8 Å². The highest BCUT2D eigenvalue weighted by Gasteiger charge is 2.12. The summed E-state index contributed by atoms with van der Waals surface area (Å²) in [7, 11) is 0. The lowest BCUT2D eigenvalue weighted by molar-refractivity contribution is 0.292. The van der Waals surface area contributed by atoms with Crippen molar-refractivity contribution in [2.45, 2.75) is 33.2 Å². The summed E-state index contributed by atoms with van der Waals surface area (Å²) in [6, 6.07) is 0.230. The molecule has 0 amide bonds. The van der Waals surface area contributed by atoms with Crippen LogP contribution in [0.3, 0.4) is 0 Å². The summed E-state index contributed by atoms with van der Waals surface area (Å²) < 4.78 is 7.12. The second kappa shape index (κ2) is 6.07. The average molecular weight is 263 g/mol. The average Bonchev–Trinajstić information content (AvgIpc) is 2.84. The van der Waals surface area contributed by atoms with E-state index in [1.807, 2.05) is 6.92 Å². The summed E-state index contributed by atoms with van der Waals surface area (Å²) in [5.41, 5.74) is 6.37. The lowest BCUT2D eigenvalue weighted by atomic mass is 10.4. The zero-order valence-electron chi connectivity index (χ0n) is 11.1. The van der Waals surface area contributed by atoms with E-state index in [1.165, 1.54) is 0 Å². The molecule has 19 heavy (non-hydrogen) atoms. The summed E-state index contributed by atoms with van der Waals surface area (Å²) in [5.74, 6) is 0.553. The Labute approximate surface area is 111 Å². The Hall–Kier alpha value is -2.25. The van der Waals surface area contributed by atoms with Gasteiger partial charge in [-0.05, 0) is 12.8 Å². The Morgan fingerprint density at radius 3 is 2.79 bits per heavy atom. The molecule has 0 aromatic carbocycles. The number of aryl methyl sites for hydroxylation is 1. The van der Waals surface area contributed by atoms with E-state index in [9.17, 15) is 0 Å². The number of anilines is 1. The second-order valence-electron chi connectivity index (χ2n) is 3.99. The normalized spacial score (nSPS) is 10.6. The van der Waals surface area contributed by atoms with Crippen LogP contribution in [0.1, 0.15) is 26.7 Å². The topological polar surface area (TPSA) is 105 Å². The van der Waals surface area contributed by atoms with E-state index < -0.39 is 0 Å². The van der Waals surface area contributed by atoms with Crippen molar-refractivity contribution in [3.63, 3.8) is 0 Å². The van der Waals surface area contributed by atoms with Crippen molar-refractivity contribution < 1.29 is 4.74 Å². The third kappa shape index (κ3) is 3.15. The molecule has 0 unspecified atom stereocenters. The minimum atomic E-state index is 0.125. The number of aromatic nitrogens is 6. The summed E-state index contributed by atoms with van der Waals surface area (Å²) >= 11 is 0.